The summed E-state index contributed by atoms with van der Waals surface area (Å²) in [4.78, 5) is 25.1. The zero-order valence-electron chi connectivity index (χ0n) is 22.1. The van der Waals surface area contributed by atoms with Crippen molar-refractivity contribution >= 4 is 34.9 Å². The number of benzene rings is 2. The van der Waals surface area contributed by atoms with Crippen LogP contribution in [0, 0.1) is 0 Å². The molecule has 4 atom stereocenters. The number of rotatable bonds is 6. The van der Waals surface area contributed by atoms with E-state index in [2.05, 4.69) is 63.4 Å². The van der Waals surface area contributed by atoms with Crippen LogP contribution in [0.3, 0.4) is 0 Å². The number of fused-ring (bicyclic) bond motifs is 4. The van der Waals surface area contributed by atoms with Gasteiger partial charge in [-0.25, -0.2) is 0 Å². The Morgan fingerprint density at radius 2 is 1.92 bits per heavy atom. The molecule has 4 aliphatic heterocycles. The molecule has 2 bridgehead atoms. The Labute approximate surface area is 237 Å². The zero-order valence-corrected chi connectivity index (χ0v) is 23.7. The van der Waals surface area contributed by atoms with Gasteiger partial charge in [-0.3, -0.25) is 9.69 Å². The first-order chi connectivity index (χ1) is 19.1. The van der Waals surface area contributed by atoms with Crippen molar-refractivity contribution in [2.75, 3.05) is 49.7 Å². The molecule has 4 aliphatic rings. The summed E-state index contributed by atoms with van der Waals surface area (Å²) in [6, 6.07) is 18.6. The van der Waals surface area contributed by atoms with Gasteiger partial charge in [0.1, 0.15) is 11.8 Å². The average Bonchev–Trinajstić information content (AvgIpc) is 3.15. The van der Waals surface area contributed by atoms with Crippen LogP contribution in [0.25, 0.3) is 0 Å². The normalized spacial score (nSPS) is 25.2. The highest BCUT2D eigenvalue weighted by molar-refractivity contribution is 8.05. The first kappa shape index (κ1) is 25.5. The van der Waals surface area contributed by atoms with Gasteiger partial charge in [-0.05, 0) is 61.7 Å². The Hall–Kier alpha value is -2.43. The third-order valence-electron chi connectivity index (χ3n) is 8.23. The maximum absolute atomic E-state index is 12.4. The van der Waals surface area contributed by atoms with Crippen LogP contribution in [0.4, 0.5) is 11.4 Å². The minimum atomic E-state index is -0.0831. The van der Waals surface area contributed by atoms with Gasteiger partial charge in [-0.1, -0.05) is 35.7 Å². The SMILES string of the molecule is CC(CN1C2CCC1COC2)Nc1ccc2c(c1)Sc1cccc(C3CN(c4ccc[nH]c4=O)CCO3)c1S2. The summed E-state index contributed by atoms with van der Waals surface area (Å²) in [7, 11) is 0. The molecule has 0 saturated carbocycles. The summed E-state index contributed by atoms with van der Waals surface area (Å²) < 4.78 is 12.0. The Balaban J connectivity index is 1.06. The highest BCUT2D eigenvalue weighted by Gasteiger charge is 2.37. The second-order valence-electron chi connectivity index (χ2n) is 10.9. The maximum atomic E-state index is 12.4. The van der Waals surface area contributed by atoms with E-state index >= 15 is 0 Å². The molecule has 7 rings (SSSR count). The molecule has 204 valence electrons. The zero-order chi connectivity index (χ0) is 26.3. The molecule has 4 unspecified atom stereocenters. The van der Waals surface area contributed by atoms with Crippen LogP contribution in [0.2, 0.25) is 0 Å². The van der Waals surface area contributed by atoms with Gasteiger partial charge in [0.05, 0.1) is 19.8 Å². The van der Waals surface area contributed by atoms with Crippen molar-refractivity contribution in [3.63, 3.8) is 0 Å². The second-order valence-corrected chi connectivity index (χ2v) is 13.0. The van der Waals surface area contributed by atoms with E-state index in [9.17, 15) is 4.79 Å². The molecule has 3 aromatic rings. The first-order valence-electron chi connectivity index (χ1n) is 13.9. The van der Waals surface area contributed by atoms with Crippen molar-refractivity contribution in [3.05, 3.63) is 70.6 Å². The van der Waals surface area contributed by atoms with E-state index in [-0.39, 0.29) is 11.7 Å². The monoisotopic (exact) mass is 562 g/mol. The fraction of sp³-hybridized carbons (Fsp3) is 0.433. The fourth-order valence-electron chi connectivity index (χ4n) is 6.34. The van der Waals surface area contributed by atoms with Gasteiger partial charge in [0, 0.05) is 69.2 Å². The quantitative estimate of drug-likeness (QED) is 0.331. The standard InChI is InChI=1S/C30H34N4O3S2/c1-19(15-34-21-8-9-22(34)18-36-17-21)32-20-7-10-26-28(14-20)38-27-6-2-4-23(29(27)39-26)25-16-33(12-13-37-25)24-5-3-11-31-30(24)35/h2-7,10-11,14,19,21-22,25,32H,8-9,12-13,15-18H2,1H3,(H,31,35). The summed E-state index contributed by atoms with van der Waals surface area (Å²) in [6.45, 7) is 7.07. The summed E-state index contributed by atoms with van der Waals surface area (Å²) in [5, 5.41) is 3.76. The molecule has 5 heterocycles. The molecule has 1 aromatic heterocycles. The smallest absolute Gasteiger partial charge is 0.271 e. The number of ether oxygens (including phenoxy) is 2. The van der Waals surface area contributed by atoms with Crippen LogP contribution >= 0.6 is 23.5 Å². The van der Waals surface area contributed by atoms with Gasteiger partial charge < -0.3 is 24.7 Å². The van der Waals surface area contributed by atoms with Crippen molar-refractivity contribution in [2.24, 2.45) is 0 Å². The van der Waals surface area contributed by atoms with Crippen LogP contribution in [-0.4, -0.2) is 67.5 Å². The fourth-order valence-corrected chi connectivity index (χ4v) is 8.79. The molecule has 9 heteroatoms. The largest absolute Gasteiger partial charge is 0.381 e. The van der Waals surface area contributed by atoms with Gasteiger partial charge in [0.2, 0.25) is 0 Å². The van der Waals surface area contributed by atoms with Crippen LogP contribution in [0.1, 0.15) is 31.4 Å². The predicted octanol–water partition coefficient (Wildman–Crippen LogP) is 5.23. The van der Waals surface area contributed by atoms with E-state index in [1.807, 2.05) is 35.7 Å². The molecule has 0 spiro atoms. The molecular formula is C30H34N4O3S2. The molecule has 7 nitrogen and oxygen atoms in total. The van der Waals surface area contributed by atoms with E-state index in [4.69, 9.17) is 9.47 Å². The van der Waals surface area contributed by atoms with E-state index in [0.717, 1.165) is 19.8 Å². The lowest BCUT2D eigenvalue weighted by Gasteiger charge is -2.36. The molecule has 0 aliphatic carbocycles. The van der Waals surface area contributed by atoms with Gasteiger partial charge >= 0.3 is 0 Å². The number of hydrogen-bond donors (Lipinski definition) is 2. The minimum Gasteiger partial charge on any atom is -0.381 e. The number of aromatic amines is 1. The Morgan fingerprint density at radius 1 is 1.05 bits per heavy atom. The lowest BCUT2D eigenvalue weighted by Crippen LogP contribution is -2.49. The van der Waals surface area contributed by atoms with Crippen LogP contribution in [-0.2, 0) is 9.47 Å². The Kier molecular flexibility index (Phi) is 7.11. The molecule has 3 fully saturated rings. The predicted molar refractivity (Wildman–Crippen MR) is 157 cm³/mol. The lowest BCUT2D eigenvalue weighted by molar-refractivity contribution is -0.0153. The topological polar surface area (TPSA) is 69.8 Å². The summed E-state index contributed by atoms with van der Waals surface area (Å²) in [5.41, 5.74) is 3.03. The lowest BCUT2D eigenvalue weighted by atomic mass is 10.1. The molecule has 0 amide bonds. The Bertz CT molecular complexity index is 1400. The van der Waals surface area contributed by atoms with Crippen molar-refractivity contribution < 1.29 is 9.47 Å². The third-order valence-corrected chi connectivity index (χ3v) is 10.8. The van der Waals surface area contributed by atoms with Crippen molar-refractivity contribution in [3.8, 4) is 0 Å². The van der Waals surface area contributed by atoms with Crippen LogP contribution < -0.4 is 15.8 Å². The van der Waals surface area contributed by atoms with E-state index < -0.39 is 0 Å². The number of pyridine rings is 1. The van der Waals surface area contributed by atoms with Crippen LogP contribution in [0.5, 0.6) is 0 Å². The maximum Gasteiger partial charge on any atom is 0.271 e. The summed E-state index contributed by atoms with van der Waals surface area (Å²) in [5.74, 6) is 0. The molecular weight excluding hydrogens is 528 g/mol. The summed E-state index contributed by atoms with van der Waals surface area (Å²) >= 11 is 3.67. The molecule has 3 saturated heterocycles. The molecule has 2 aromatic carbocycles. The third kappa shape index (κ3) is 5.11. The average molecular weight is 563 g/mol. The van der Waals surface area contributed by atoms with Gasteiger partial charge in [-0.2, -0.15) is 0 Å². The number of aromatic nitrogens is 1. The second kappa shape index (κ2) is 10.9. The first-order valence-corrected chi connectivity index (χ1v) is 15.5. The Morgan fingerprint density at radius 3 is 2.77 bits per heavy atom. The number of anilines is 2. The summed E-state index contributed by atoms with van der Waals surface area (Å²) in [6.07, 6.45) is 4.12. The number of hydrogen-bond acceptors (Lipinski definition) is 8. The number of H-pyrrole nitrogens is 1. The van der Waals surface area contributed by atoms with E-state index in [0.29, 0.717) is 43.5 Å². The van der Waals surface area contributed by atoms with Gasteiger partial charge in [0.15, 0.2) is 0 Å². The minimum absolute atomic E-state index is 0.0527. The number of nitrogens with one attached hydrogen (secondary N) is 2. The highest BCUT2D eigenvalue weighted by atomic mass is 32.2. The number of morpholine rings is 2. The van der Waals surface area contributed by atoms with Crippen molar-refractivity contribution in [1.29, 1.82) is 0 Å². The van der Waals surface area contributed by atoms with Gasteiger partial charge in [0.25, 0.3) is 5.56 Å². The van der Waals surface area contributed by atoms with Crippen LogP contribution in [0.15, 0.2) is 79.1 Å². The van der Waals surface area contributed by atoms with E-state index in [1.165, 1.54) is 43.7 Å². The molecule has 39 heavy (non-hydrogen) atoms. The molecule has 0 radical (unpaired) electrons. The number of nitrogens with zero attached hydrogens (tertiary/aromatic N) is 2. The highest BCUT2D eigenvalue weighted by Crippen LogP contribution is 2.51. The van der Waals surface area contributed by atoms with Gasteiger partial charge in [-0.15, -0.1) is 0 Å². The van der Waals surface area contributed by atoms with Crippen molar-refractivity contribution in [2.45, 2.75) is 63.6 Å². The van der Waals surface area contributed by atoms with Crippen molar-refractivity contribution in [1.82, 2.24) is 9.88 Å². The molecule has 2 N–H and O–H groups in total. The van der Waals surface area contributed by atoms with E-state index in [1.54, 1.807) is 6.20 Å².